The van der Waals surface area contributed by atoms with E-state index >= 15 is 0 Å². The van der Waals surface area contributed by atoms with Gasteiger partial charge in [0.05, 0.1) is 0 Å². The number of hydrogen-bond acceptors (Lipinski definition) is 1. The van der Waals surface area contributed by atoms with Crippen molar-refractivity contribution in [2.24, 2.45) is 0 Å². The summed E-state index contributed by atoms with van der Waals surface area (Å²) in [5.41, 5.74) is 5.08. The summed E-state index contributed by atoms with van der Waals surface area (Å²) in [6.07, 6.45) is 1.16. The molecule has 2 nitrogen and oxygen atoms in total. The summed E-state index contributed by atoms with van der Waals surface area (Å²) in [6.45, 7) is 8.49. The fourth-order valence-electron chi connectivity index (χ4n) is 2.40. The molecule has 0 atom stereocenters. The zero-order chi connectivity index (χ0) is 13.8. The lowest BCUT2D eigenvalue weighted by Crippen LogP contribution is -2.14. The van der Waals surface area contributed by atoms with E-state index in [1.807, 2.05) is 12.1 Å². The summed E-state index contributed by atoms with van der Waals surface area (Å²) in [4.78, 5) is 0. The van der Waals surface area contributed by atoms with Crippen LogP contribution in [0, 0.1) is 13.8 Å². The van der Waals surface area contributed by atoms with E-state index in [9.17, 15) is 0 Å². The Morgan fingerprint density at radius 1 is 1.16 bits per heavy atom. The van der Waals surface area contributed by atoms with Crippen LogP contribution < -0.4 is 5.32 Å². The number of aryl methyl sites for hydroxylation is 1. The van der Waals surface area contributed by atoms with E-state index in [4.69, 9.17) is 11.6 Å². The SMILES string of the molecule is CCCNCc1cc(C)n(-c2ccc(Cl)cc2)c1C. The van der Waals surface area contributed by atoms with Crippen LogP contribution >= 0.6 is 11.6 Å². The van der Waals surface area contributed by atoms with Crippen molar-refractivity contribution in [3.05, 3.63) is 52.3 Å². The molecule has 102 valence electrons. The van der Waals surface area contributed by atoms with Crippen LogP contribution in [0.2, 0.25) is 5.02 Å². The molecule has 1 heterocycles. The first-order chi connectivity index (χ1) is 9.13. The average molecular weight is 277 g/mol. The first-order valence-corrected chi connectivity index (χ1v) is 7.15. The molecule has 0 radical (unpaired) electrons. The Balaban J connectivity index is 2.28. The van der Waals surface area contributed by atoms with Crippen LogP contribution in [0.25, 0.3) is 5.69 Å². The Morgan fingerprint density at radius 3 is 2.47 bits per heavy atom. The zero-order valence-corrected chi connectivity index (χ0v) is 12.6. The van der Waals surface area contributed by atoms with Crippen molar-refractivity contribution >= 4 is 11.6 Å². The maximum absolute atomic E-state index is 5.95. The minimum absolute atomic E-state index is 0.774. The minimum atomic E-state index is 0.774. The van der Waals surface area contributed by atoms with E-state index in [1.54, 1.807) is 0 Å². The van der Waals surface area contributed by atoms with E-state index in [0.29, 0.717) is 0 Å². The third-order valence-corrected chi connectivity index (χ3v) is 3.61. The molecule has 0 aliphatic heterocycles. The lowest BCUT2D eigenvalue weighted by atomic mass is 10.2. The van der Waals surface area contributed by atoms with Gasteiger partial charge < -0.3 is 9.88 Å². The molecule has 0 amide bonds. The molecule has 0 saturated carbocycles. The number of nitrogens with one attached hydrogen (secondary N) is 1. The van der Waals surface area contributed by atoms with Crippen LogP contribution in [0.4, 0.5) is 0 Å². The van der Waals surface area contributed by atoms with Crippen molar-refractivity contribution in [3.63, 3.8) is 0 Å². The van der Waals surface area contributed by atoms with Gasteiger partial charge in [-0.25, -0.2) is 0 Å². The molecule has 0 spiro atoms. The number of aromatic nitrogens is 1. The average Bonchev–Trinajstić information content (AvgIpc) is 2.67. The predicted molar refractivity (Wildman–Crippen MR) is 82.3 cm³/mol. The molecule has 0 aliphatic rings. The fraction of sp³-hybridized carbons (Fsp3) is 0.375. The maximum atomic E-state index is 5.95. The summed E-state index contributed by atoms with van der Waals surface area (Å²) in [5.74, 6) is 0. The molecule has 2 rings (SSSR count). The summed E-state index contributed by atoms with van der Waals surface area (Å²) >= 11 is 5.95. The molecule has 19 heavy (non-hydrogen) atoms. The second-order valence-corrected chi connectivity index (χ2v) is 5.32. The quantitative estimate of drug-likeness (QED) is 0.808. The number of halogens is 1. The van der Waals surface area contributed by atoms with E-state index in [2.05, 4.69) is 48.9 Å². The van der Waals surface area contributed by atoms with Gasteiger partial charge in [0.2, 0.25) is 0 Å². The van der Waals surface area contributed by atoms with E-state index in [-0.39, 0.29) is 0 Å². The van der Waals surface area contributed by atoms with Crippen molar-refractivity contribution in [1.29, 1.82) is 0 Å². The fourth-order valence-corrected chi connectivity index (χ4v) is 2.52. The summed E-state index contributed by atoms with van der Waals surface area (Å²) < 4.78 is 2.28. The van der Waals surface area contributed by atoms with Crippen LogP contribution in [0.3, 0.4) is 0 Å². The Kier molecular flexibility index (Phi) is 4.67. The molecule has 2 aromatic rings. The number of rotatable bonds is 5. The van der Waals surface area contributed by atoms with E-state index in [1.165, 1.54) is 22.6 Å². The van der Waals surface area contributed by atoms with E-state index < -0.39 is 0 Å². The van der Waals surface area contributed by atoms with Gasteiger partial charge in [0.1, 0.15) is 0 Å². The second-order valence-electron chi connectivity index (χ2n) is 4.88. The number of nitrogens with zero attached hydrogens (tertiary/aromatic N) is 1. The van der Waals surface area contributed by atoms with Crippen molar-refractivity contribution in [3.8, 4) is 5.69 Å². The van der Waals surface area contributed by atoms with Gasteiger partial charge in [0.15, 0.2) is 0 Å². The summed E-state index contributed by atoms with van der Waals surface area (Å²) in [6, 6.07) is 10.2. The van der Waals surface area contributed by atoms with Gasteiger partial charge in [-0.2, -0.15) is 0 Å². The Bertz CT molecular complexity index is 541. The summed E-state index contributed by atoms with van der Waals surface area (Å²) in [7, 11) is 0. The molecule has 1 aromatic heterocycles. The molecule has 1 aromatic carbocycles. The second kappa shape index (κ2) is 6.27. The molecule has 0 bridgehead atoms. The van der Waals surface area contributed by atoms with Crippen molar-refractivity contribution in [2.75, 3.05) is 6.54 Å². The van der Waals surface area contributed by atoms with Gasteiger partial charge >= 0.3 is 0 Å². The lowest BCUT2D eigenvalue weighted by Gasteiger charge is -2.10. The maximum Gasteiger partial charge on any atom is 0.0456 e. The topological polar surface area (TPSA) is 17.0 Å². The highest BCUT2D eigenvalue weighted by atomic mass is 35.5. The minimum Gasteiger partial charge on any atom is -0.318 e. The van der Waals surface area contributed by atoms with E-state index in [0.717, 1.165) is 24.5 Å². The van der Waals surface area contributed by atoms with Crippen LogP contribution in [-0.4, -0.2) is 11.1 Å². The molecule has 3 heteroatoms. The van der Waals surface area contributed by atoms with Gasteiger partial charge in [0.25, 0.3) is 0 Å². The van der Waals surface area contributed by atoms with Crippen LogP contribution in [-0.2, 0) is 6.54 Å². The lowest BCUT2D eigenvalue weighted by molar-refractivity contribution is 0.672. The summed E-state index contributed by atoms with van der Waals surface area (Å²) in [5, 5.41) is 4.23. The van der Waals surface area contributed by atoms with Gasteiger partial charge in [-0.1, -0.05) is 18.5 Å². The first-order valence-electron chi connectivity index (χ1n) is 6.78. The zero-order valence-electron chi connectivity index (χ0n) is 11.8. The number of hydrogen-bond donors (Lipinski definition) is 1. The highest BCUT2D eigenvalue weighted by molar-refractivity contribution is 6.30. The normalized spacial score (nSPS) is 10.9. The van der Waals surface area contributed by atoms with Crippen molar-refractivity contribution < 1.29 is 0 Å². The highest BCUT2D eigenvalue weighted by Gasteiger charge is 2.10. The molecule has 0 unspecified atom stereocenters. The highest BCUT2D eigenvalue weighted by Crippen LogP contribution is 2.22. The van der Waals surface area contributed by atoms with Gasteiger partial charge in [-0.15, -0.1) is 0 Å². The smallest absolute Gasteiger partial charge is 0.0456 e. The molecule has 1 N–H and O–H groups in total. The standard InChI is InChI=1S/C16H21ClN2/c1-4-9-18-11-14-10-12(2)19(13(14)3)16-7-5-15(17)6-8-16/h5-8,10,18H,4,9,11H2,1-3H3. The van der Waals surface area contributed by atoms with Crippen LogP contribution in [0.15, 0.2) is 30.3 Å². The monoisotopic (exact) mass is 276 g/mol. The number of benzene rings is 1. The first kappa shape index (κ1) is 14.2. The van der Waals surface area contributed by atoms with Crippen LogP contribution in [0.5, 0.6) is 0 Å². The molecule has 0 aliphatic carbocycles. The Hall–Kier alpha value is -1.25. The largest absolute Gasteiger partial charge is 0.318 e. The van der Waals surface area contributed by atoms with Gasteiger partial charge in [-0.3, -0.25) is 0 Å². The van der Waals surface area contributed by atoms with Crippen molar-refractivity contribution in [2.45, 2.75) is 33.7 Å². The third kappa shape index (κ3) is 3.20. The molecular formula is C16H21ClN2. The van der Waals surface area contributed by atoms with Crippen LogP contribution in [0.1, 0.15) is 30.3 Å². The molecule has 0 saturated heterocycles. The Labute approximate surface area is 120 Å². The Morgan fingerprint density at radius 2 is 1.84 bits per heavy atom. The van der Waals surface area contributed by atoms with Gasteiger partial charge in [0, 0.05) is 28.6 Å². The molecular weight excluding hydrogens is 256 g/mol. The molecule has 0 fully saturated rings. The van der Waals surface area contributed by atoms with Crippen molar-refractivity contribution in [1.82, 2.24) is 9.88 Å². The predicted octanol–water partition coefficient (Wildman–Crippen LogP) is 4.25. The van der Waals surface area contributed by atoms with Gasteiger partial charge in [-0.05, 0) is 62.7 Å². The third-order valence-electron chi connectivity index (χ3n) is 3.36.